The summed E-state index contributed by atoms with van der Waals surface area (Å²) in [5.74, 6) is 0.213. The van der Waals surface area contributed by atoms with Crippen molar-refractivity contribution in [2.24, 2.45) is 0 Å². The number of furan rings is 1. The topological polar surface area (TPSA) is 53.8 Å². The molecule has 2 amide bonds. The number of anilines is 2. The summed E-state index contributed by atoms with van der Waals surface area (Å²) in [4.78, 5) is 29.7. The molecule has 0 radical (unpaired) electrons. The second-order valence-corrected chi connectivity index (χ2v) is 7.26. The highest BCUT2D eigenvalue weighted by molar-refractivity contribution is 6.06. The summed E-state index contributed by atoms with van der Waals surface area (Å²) in [5, 5.41) is 0. The second-order valence-electron chi connectivity index (χ2n) is 7.26. The van der Waals surface area contributed by atoms with Crippen LogP contribution in [-0.4, -0.2) is 17.9 Å². The Morgan fingerprint density at radius 2 is 1.76 bits per heavy atom. The van der Waals surface area contributed by atoms with Crippen LogP contribution in [-0.2, 0) is 4.79 Å². The normalized spacial score (nSPS) is 18.2. The summed E-state index contributed by atoms with van der Waals surface area (Å²) in [7, 11) is 0. The number of hydrogen-bond donors (Lipinski definition) is 0. The third-order valence-corrected chi connectivity index (χ3v) is 5.43. The van der Waals surface area contributed by atoms with Crippen molar-refractivity contribution in [1.82, 2.24) is 0 Å². The Hall–Kier alpha value is -3.34. The minimum atomic E-state index is -0.165. The number of rotatable bonds is 4. The van der Waals surface area contributed by atoms with Crippen LogP contribution in [0.1, 0.15) is 48.8 Å². The number of carbonyl (C=O) groups excluding carboxylic acids is 2. The average Bonchev–Trinajstić information content (AvgIpc) is 3.29. The zero-order chi connectivity index (χ0) is 20.4. The van der Waals surface area contributed by atoms with Crippen LogP contribution in [0.2, 0.25) is 0 Å². The molecule has 2 heterocycles. The standard InChI is InChI=1S/C24H24N2O3/c1-3-23(27)26(18-10-5-4-6-11-18)21-16-17(2)25(20-13-8-7-12-19(20)21)24(28)22-14-9-15-29-22/h4-15,17,21H,3,16H2,1-2H3/t17-,21-/m1/s1. The smallest absolute Gasteiger partial charge is 0.294 e. The summed E-state index contributed by atoms with van der Waals surface area (Å²) < 4.78 is 5.36. The molecule has 0 spiro atoms. The van der Waals surface area contributed by atoms with E-state index < -0.39 is 0 Å². The lowest BCUT2D eigenvalue weighted by molar-refractivity contribution is -0.118. The van der Waals surface area contributed by atoms with Gasteiger partial charge in [0.05, 0.1) is 12.3 Å². The maximum absolute atomic E-state index is 13.1. The van der Waals surface area contributed by atoms with Gasteiger partial charge >= 0.3 is 0 Å². The molecule has 2 aromatic carbocycles. The van der Waals surface area contributed by atoms with Crippen LogP contribution < -0.4 is 9.80 Å². The number of nitrogens with zero attached hydrogens (tertiary/aromatic N) is 2. The first-order chi connectivity index (χ1) is 14.1. The van der Waals surface area contributed by atoms with Gasteiger partial charge in [0.25, 0.3) is 5.91 Å². The molecule has 3 aromatic rings. The van der Waals surface area contributed by atoms with Crippen molar-refractivity contribution in [3.63, 3.8) is 0 Å². The zero-order valence-electron chi connectivity index (χ0n) is 16.6. The summed E-state index contributed by atoms with van der Waals surface area (Å²) in [6.45, 7) is 3.90. The van der Waals surface area contributed by atoms with E-state index >= 15 is 0 Å². The van der Waals surface area contributed by atoms with E-state index in [1.807, 2.05) is 73.3 Å². The van der Waals surface area contributed by atoms with E-state index in [0.29, 0.717) is 18.6 Å². The number of fused-ring (bicyclic) bond motifs is 1. The predicted molar refractivity (Wildman–Crippen MR) is 113 cm³/mol. The summed E-state index contributed by atoms with van der Waals surface area (Å²) in [6, 6.07) is 20.7. The van der Waals surface area contributed by atoms with Gasteiger partial charge in [0.2, 0.25) is 5.91 Å². The van der Waals surface area contributed by atoms with Crippen LogP contribution in [0.3, 0.4) is 0 Å². The Bertz CT molecular complexity index is 998. The minimum Gasteiger partial charge on any atom is -0.459 e. The van der Waals surface area contributed by atoms with Crippen molar-refractivity contribution in [3.05, 3.63) is 84.3 Å². The Balaban J connectivity index is 1.80. The van der Waals surface area contributed by atoms with Gasteiger partial charge in [-0.25, -0.2) is 0 Å². The van der Waals surface area contributed by atoms with Gasteiger partial charge in [-0.1, -0.05) is 43.3 Å². The van der Waals surface area contributed by atoms with Crippen LogP contribution in [0.5, 0.6) is 0 Å². The van der Waals surface area contributed by atoms with Crippen LogP contribution in [0.4, 0.5) is 11.4 Å². The molecule has 0 aliphatic carbocycles. The molecule has 0 saturated heterocycles. The lowest BCUT2D eigenvalue weighted by Crippen LogP contribution is -2.47. The molecule has 0 saturated carbocycles. The quantitative estimate of drug-likeness (QED) is 0.617. The van der Waals surface area contributed by atoms with Gasteiger partial charge in [0, 0.05) is 23.8 Å². The third kappa shape index (κ3) is 3.44. The van der Waals surface area contributed by atoms with Gasteiger partial charge in [0.15, 0.2) is 5.76 Å². The van der Waals surface area contributed by atoms with E-state index in [4.69, 9.17) is 4.42 Å². The molecule has 0 fully saturated rings. The van der Waals surface area contributed by atoms with E-state index in [1.54, 1.807) is 17.0 Å². The van der Waals surface area contributed by atoms with Gasteiger partial charge in [-0.15, -0.1) is 0 Å². The number of benzene rings is 2. The van der Waals surface area contributed by atoms with Crippen molar-refractivity contribution >= 4 is 23.2 Å². The molecule has 0 bridgehead atoms. The number of carbonyl (C=O) groups is 2. The van der Waals surface area contributed by atoms with Crippen LogP contribution in [0, 0.1) is 0 Å². The summed E-state index contributed by atoms with van der Waals surface area (Å²) >= 11 is 0. The fourth-order valence-corrected chi connectivity index (χ4v) is 4.11. The minimum absolute atomic E-state index is 0.0639. The molecule has 1 aromatic heterocycles. The Morgan fingerprint density at radius 3 is 2.45 bits per heavy atom. The summed E-state index contributed by atoms with van der Waals surface area (Å²) in [6.07, 6.45) is 2.56. The molecule has 4 rings (SSSR count). The van der Waals surface area contributed by atoms with E-state index in [9.17, 15) is 9.59 Å². The molecule has 148 valence electrons. The highest BCUT2D eigenvalue weighted by atomic mass is 16.3. The average molecular weight is 388 g/mol. The van der Waals surface area contributed by atoms with Gasteiger partial charge in [-0.3, -0.25) is 9.59 Å². The maximum Gasteiger partial charge on any atom is 0.294 e. The van der Waals surface area contributed by atoms with E-state index in [0.717, 1.165) is 16.9 Å². The van der Waals surface area contributed by atoms with E-state index in [1.165, 1.54) is 6.26 Å². The number of amides is 2. The van der Waals surface area contributed by atoms with Crippen molar-refractivity contribution in [2.75, 3.05) is 9.80 Å². The number of para-hydroxylation sites is 2. The van der Waals surface area contributed by atoms with Crippen molar-refractivity contribution in [1.29, 1.82) is 0 Å². The van der Waals surface area contributed by atoms with Gasteiger partial charge < -0.3 is 14.2 Å². The predicted octanol–water partition coefficient (Wildman–Crippen LogP) is 5.20. The van der Waals surface area contributed by atoms with Crippen LogP contribution >= 0.6 is 0 Å². The molecule has 5 nitrogen and oxygen atoms in total. The monoisotopic (exact) mass is 388 g/mol. The van der Waals surface area contributed by atoms with E-state index in [-0.39, 0.29) is 23.9 Å². The molecule has 5 heteroatoms. The molecule has 29 heavy (non-hydrogen) atoms. The fourth-order valence-electron chi connectivity index (χ4n) is 4.11. The van der Waals surface area contributed by atoms with Gasteiger partial charge in [0.1, 0.15) is 0 Å². The lowest BCUT2D eigenvalue weighted by Gasteiger charge is -2.43. The largest absolute Gasteiger partial charge is 0.459 e. The SMILES string of the molecule is CCC(=O)N(c1ccccc1)[C@@H]1C[C@@H](C)N(C(=O)c2ccco2)c2ccccc21. The van der Waals surface area contributed by atoms with Crippen molar-refractivity contribution in [3.8, 4) is 0 Å². The first-order valence-electron chi connectivity index (χ1n) is 9.95. The van der Waals surface area contributed by atoms with Crippen LogP contribution in [0.15, 0.2) is 77.4 Å². The highest BCUT2D eigenvalue weighted by Gasteiger charge is 2.38. The lowest BCUT2D eigenvalue weighted by atomic mass is 9.89. The first kappa shape index (κ1) is 19.0. The van der Waals surface area contributed by atoms with Gasteiger partial charge in [-0.05, 0) is 49.2 Å². The molecule has 1 aliphatic rings. The van der Waals surface area contributed by atoms with Crippen molar-refractivity contribution in [2.45, 2.75) is 38.8 Å². The Labute approximate surface area is 170 Å². The molecule has 0 N–H and O–H groups in total. The fraction of sp³-hybridized carbons (Fsp3) is 0.250. The Morgan fingerprint density at radius 1 is 1.03 bits per heavy atom. The molecule has 1 aliphatic heterocycles. The zero-order valence-corrected chi connectivity index (χ0v) is 16.6. The molecule has 0 unspecified atom stereocenters. The highest BCUT2D eigenvalue weighted by Crippen LogP contribution is 2.42. The Kier molecular flexibility index (Phi) is 5.21. The molecule has 2 atom stereocenters. The second kappa shape index (κ2) is 7.95. The molecular formula is C24H24N2O3. The van der Waals surface area contributed by atoms with Crippen LogP contribution in [0.25, 0.3) is 0 Å². The number of hydrogen-bond acceptors (Lipinski definition) is 3. The third-order valence-electron chi connectivity index (χ3n) is 5.43. The maximum atomic E-state index is 13.1. The summed E-state index contributed by atoms with van der Waals surface area (Å²) in [5.41, 5.74) is 2.66. The van der Waals surface area contributed by atoms with E-state index in [2.05, 4.69) is 0 Å². The van der Waals surface area contributed by atoms with Crippen molar-refractivity contribution < 1.29 is 14.0 Å². The van der Waals surface area contributed by atoms with Gasteiger partial charge in [-0.2, -0.15) is 0 Å². The molecular weight excluding hydrogens is 364 g/mol. The first-order valence-corrected chi connectivity index (χ1v) is 9.95.